The summed E-state index contributed by atoms with van der Waals surface area (Å²) in [5, 5.41) is 14.6. The number of carbonyl (C=O) groups is 1. The van der Waals surface area contributed by atoms with Crippen molar-refractivity contribution in [3.8, 4) is 5.75 Å². The monoisotopic (exact) mass is 438 g/mol. The van der Waals surface area contributed by atoms with Crippen molar-refractivity contribution < 1.29 is 9.53 Å². The molecule has 0 spiro atoms. The van der Waals surface area contributed by atoms with Crippen molar-refractivity contribution in [3.63, 3.8) is 0 Å². The molecule has 0 aliphatic rings. The van der Waals surface area contributed by atoms with Crippen molar-refractivity contribution in [2.24, 2.45) is 7.05 Å². The van der Waals surface area contributed by atoms with Gasteiger partial charge in [0.2, 0.25) is 5.91 Å². The average Bonchev–Trinajstić information content (AvgIpc) is 3.10. The first-order valence-corrected chi connectivity index (χ1v) is 10.6. The fraction of sp³-hybridized carbons (Fsp3) is 0.136. The van der Waals surface area contributed by atoms with Crippen LogP contribution in [0.1, 0.15) is 5.82 Å². The second kappa shape index (κ2) is 9.19. The molecule has 1 N–H and O–H groups in total. The van der Waals surface area contributed by atoms with Crippen molar-refractivity contribution in [2.75, 3.05) is 11.1 Å². The Morgan fingerprint density at radius 2 is 1.90 bits per heavy atom. The molecule has 0 aliphatic heterocycles. The standard InChI is InChI=1S/C22H19ClN4O2S/c1-27-20(13-29-19-11-4-7-15-6-2-3-10-18(15)19)25-26-22(27)30-14-21(28)24-17-9-5-8-16(23)12-17/h2-12H,13-14H2,1H3,(H,24,28). The van der Waals surface area contributed by atoms with Gasteiger partial charge in [0.05, 0.1) is 5.75 Å². The molecule has 152 valence electrons. The van der Waals surface area contributed by atoms with Crippen molar-refractivity contribution >= 4 is 45.7 Å². The van der Waals surface area contributed by atoms with Gasteiger partial charge in [-0.15, -0.1) is 10.2 Å². The van der Waals surface area contributed by atoms with E-state index in [4.69, 9.17) is 16.3 Å². The van der Waals surface area contributed by atoms with E-state index in [1.54, 1.807) is 24.3 Å². The Bertz CT molecular complexity index is 1190. The van der Waals surface area contributed by atoms with E-state index in [2.05, 4.69) is 15.5 Å². The van der Waals surface area contributed by atoms with Crippen molar-refractivity contribution in [1.82, 2.24) is 14.8 Å². The molecule has 0 saturated carbocycles. The summed E-state index contributed by atoms with van der Waals surface area (Å²) in [6.07, 6.45) is 0. The van der Waals surface area contributed by atoms with Gasteiger partial charge >= 0.3 is 0 Å². The number of carbonyl (C=O) groups excluding carboxylic acids is 1. The van der Waals surface area contributed by atoms with Gasteiger partial charge in [0.15, 0.2) is 11.0 Å². The first-order valence-electron chi connectivity index (χ1n) is 9.27. The van der Waals surface area contributed by atoms with Gasteiger partial charge in [0.1, 0.15) is 12.4 Å². The summed E-state index contributed by atoms with van der Waals surface area (Å²) in [6, 6.07) is 21.1. The third-order valence-corrected chi connectivity index (χ3v) is 5.73. The lowest BCUT2D eigenvalue weighted by atomic mass is 10.1. The second-order valence-electron chi connectivity index (χ2n) is 6.57. The summed E-state index contributed by atoms with van der Waals surface area (Å²) in [6.45, 7) is 0.285. The number of hydrogen-bond donors (Lipinski definition) is 1. The maximum absolute atomic E-state index is 12.2. The van der Waals surface area contributed by atoms with Gasteiger partial charge in [0, 0.05) is 23.1 Å². The predicted molar refractivity (Wildman–Crippen MR) is 120 cm³/mol. The molecule has 1 aromatic heterocycles. The minimum atomic E-state index is -0.140. The molecule has 0 bridgehead atoms. The van der Waals surface area contributed by atoms with Crippen LogP contribution in [0.25, 0.3) is 10.8 Å². The van der Waals surface area contributed by atoms with Gasteiger partial charge in [-0.2, -0.15) is 0 Å². The number of halogens is 1. The molecule has 0 radical (unpaired) electrons. The molecule has 1 amide bonds. The van der Waals surface area contributed by atoms with Gasteiger partial charge in [0.25, 0.3) is 0 Å². The van der Waals surface area contributed by atoms with Crippen LogP contribution in [0.5, 0.6) is 5.75 Å². The molecule has 4 aromatic rings. The number of anilines is 1. The summed E-state index contributed by atoms with van der Waals surface area (Å²) in [5.74, 6) is 1.55. The molecule has 0 saturated heterocycles. The Kier molecular flexibility index (Phi) is 6.21. The highest BCUT2D eigenvalue weighted by molar-refractivity contribution is 7.99. The van der Waals surface area contributed by atoms with Crippen LogP contribution in [0.2, 0.25) is 5.02 Å². The molecular weight excluding hydrogens is 420 g/mol. The second-order valence-corrected chi connectivity index (χ2v) is 7.95. The van der Waals surface area contributed by atoms with E-state index in [1.807, 2.05) is 54.1 Å². The van der Waals surface area contributed by atoms with Crippen LogP contribution in [0.15, 0.2) is 71.9 Å². The summed E-state index contributed by atoms with van der Waals surface area (Å²) in [7, 11) is 1.86. The van der Waals surface area contributed by atoms with E-state index >= 15 is 0 Å². The summed E-state index contributed by atoms with van der Waals surface area (Å²) < 4.78 is 7.83. The van der Waals surface area contributed by atoms with Crippen LogP contribution in [-0.2, 0) is 18.4 Å². The van der Waals surface area contributed by atoms with E-state index in [1.165, 1.54) is 11.8 Å². The Labute approximate surface area is 183 Å². The largest absolute Gasteiger partial charge is 0.485 e. The van der Waals surface area contributed by atoms with Gasteiger partial charge in [-0.05, 0) is 29.7 Å². The van der Waals surface area contributed by atoms with Crippen LogP contribution in [0.3, 0.4) is 0 Å². The Morgan fingerprint density at radius 3 is 2.77 bits per heavy atom. The number of nitrogens with one attached hydrogen (secondary N) is 1. The van der Waals surface area contributed by atoms with Crippen LogP contribution in [0.4, 0.5) is 5.69 Å². The molecule has 3 aromatic carbocycles. The number of rotatable bonds is 7. The van der Waals surface area contributed by atoms with E-state index in [0.29, 0.717) is 21.7 Å². The smallest absolute Gasteiger partial charge is 0.234 e. The fourth-order valence-electron chi connectivity index (χ4n) is 2.95. The number of ether oxygens (including phenoxy) is 1. The maximum atomic E-state index is 12.2. The maximum Gasteiger partial charge on any atom is 0.234 e. The van der Waals surface area contributed by atoms with Crippen LogP contribution < -0.4 is 10.1 Å². The third kappa shape index (κ3) is 4.75. The normalized spacial score (nSPS) is 10.9. The van der Waals surface area contributed by atoms with Gasteiger partial charge < -0.3 is 14.6 Å². The molecule has 1 heterocycles. The van der Waals surface area contributed by atoms with Crippen LogP contribution in [0, 0.1) is 0 Å². The third-order valence-electron chi connectivity index (χ3n) is 4.47. The fourth-order valence-corrected chi connectivity index (χ4v) is 3.87. The van der Waals surface area contributed by atoms with Gasteiger partial charge in [-0.3, -0.25) is 4.79 Å². The molecular formula is C22H19ClN4O2S. The molecule has 6 nitrogen and oxygen atoms in total. The molecule has 30 heavy (non-hydrogen) atoms. The zero-order valence-electron chi connectivity index (χ0n) is 16.2. The van der Waals surface area contributed by atoms with E-state index in [-0.39, 0.29) is 18.3 Å². The van der Waals surface area contributed by atoms with E-state index < -0.39 is 0 Å². The summed E-state index contributed by atoms with van der Waals surface area (Å²) in [4.78, 5) is 12.2. The number of fused-ring (bicyclic) bond motifs is 1. The number of nitrogens with zero attached hydrogens (tertiary/aromatic N) is 3. The van der Waals surface area contributed by atoms with Crippen molar-refractivity contribution in [3.05, 3.63) is 77.6 Å². The SMILES string of the molecule is Cn1c(COc2cccc3ccccc23)nnc1SCC(=O)Nc1cccc(Cl)c1. The van der Waals surface area contributed by atoms with E-state index in [0.717, 1.165) is 16.5 Å². The minimum Gasteiger partial charge on any atom is -0.485 e. The number of aromatic nitrogens is 3. The predicted octanol–water partition coefficient (Wildman–Crippen LogP) is 4.93. The molecule has 4 rings (SSSR count). The lowest BCUT2D eigenvalue weighted by Gasteiger charge is -2.09. The van der Waals surface area contributed by atoms with Crippen molar-refractivity contribution in [2.45, 2.75) is 11.8 Å². The zero-order chi connectivity index (χ0) is 20.9. The molecule has 0 aliphatic carbocycles. The average molecular weight is 439 g/mol. The lowest BCUT2D eigenvalue weighted by molar-refractivity contribution is -0.113. The van der Waals surface area contributed by atoms with Gasteiger partial charge in [-0.1, -0.05) is 65.8 Å². The summed E-state index contributed by atoms with van der Waals surface area (Å²) in [5.41, 5.74) is 0.662. The molecule has 0 fully saturated rings. The first-order chi connectivity index (χ1) is 14.6. The highest BCUT2D eigenvalue weighted by Gasteiger charge is 2.13. The highest BCUT2D eigenvalue weighted by atomic mass is 35.5. The lowest BCUT2D eigenvalue weighted by Crippen LogP contribution is -2.14. The Morgan fingerprint density at radius 1 is 1.10 bits per heavy atom. The minimum absolute atomic E-state index is 0.140. The molecule has 8 heteroatoms. The molecule has 0 unspecified atom stereocenters. The topological polar surface area (TPSA) is 69.0 Å². The first kappa shape index (κ1) is 20.3. The summed E-state index contributed by atoms with van der Waals surface area (Å²) >= 11 is 7.25. The van der Waals surface area contributed by atoms with Gasteiger partial charge in [-0.25, -0.2) is 0 Å². The number of amides is 1. The number of benzene rings is 3. The van der Waals surface area contributed by atoms with E-state index in [9.17, 15) is 4.79 Å². The Balaban J connectivity index is 1.36. The number of thioether (sulfide) groups is 1. The van der Waals surface area contributed by atoms with Crippen LogP contribution >= 0.6 is 23.4 Å². The highest BCUT2D eigenvalue weighted by Crippen LogP contribution is 2.26. The van der Waals surface area contributed by atoms with Crippen molar-refractivity contribution in [1.29, 1.82) is 0 Å². The van der Waals surface area contributed by atoms with Crippen LogP contribution in [-0.4, -0.2) is 26.4 Å². The Hall–Kier alpha value is -3.03. The zero-order valence-corrected chi connectivity index (χ0v) is 17.8. The quantitative estimate of drug-likeness (QED) is 0.414. The molecule has 0 atom stereocenters. The number of hydrogen-bond acceptors (Lipinski definition) is 5.